The third kappa shape index (κ3) is 5.60. The van der Waals surface area contributed by atoms with E-state index in [4.69, 9.17) is 14.2 Å². The maximum Gasteiger partial charge on any atom is 0.338 e. The van der Waals surface area contributed by atoms with E-state index in [1.54, 1.807) is 0 Å². The minimum absolute atomic E-state index is 0.305. The quantitative estimate of drug-likeness (QED) is 0.166. The molecule has 6 rings (SSSR count). The zero-order chi connectivity index (χ0) is 27.2. The largest absolute Gasteiger partial charge is 0.412 e. The van der Waals surface area contributed by atoms with E-state index in [2.05, 4.69) is 48.5 Å². The Morgan fingerprint density at radius 1 is 0.700 bits per heavy atom. The molecule has 0 aliphatic carbocycles. The lowest BCUT2D eigenvalue weighted by Gasteiger charge is -2.28. The minimum atomic E-state index is -2.44. The van der Waals surface area contributed by atoms with E-state index in [9.17, 15) is 4.79 Å². The summed E-state index contributed by atoms with van der Waals surface area (Å²) in [6.07, 6.45) is 0.619. The smallest absolute Gasteiger partial charge is 0.338 e. The van der Waals surface area contributed by atoms with Crippen LogP contribution in [0, 0.1) is 0 Å². The molecule has 40 heavy (non-hydrogen) atoms. The van der Waals surface area contributed by atoms with Gasteiger partial charge in [-0.2, -0.15) is 0 Å². The van der Waals surface area contributed by atoms with E-state index in [1.165, 1.54) is 11.3 Å². The summed E-state index contributed by atoms with van der Waals surface area (Å²) in [4.78, 5) is 14.7. The molecule has 0 radical (unpaired) electrons. The molecular weight excluding hydrogens is 535 g/mol. The summed E-state index contributed by atoms with van der Waals surface area (Å²) in [5.74, 6) is 1.45. The van der Waals surface area contributed by atoms with Crippen molar-refractivity contribution in [3.05, 3.63) is 133 Å². The standard InChI is InChI=1S/C34H29O4PS/c35-32(38-33-22-21-31(40-33)26-17-19-27(20-18-26)34-36-23-10-24-37-34)25-39(28-11-4-1-5-12-28,29-13-6-2-7-14-29)30-15-8-3-9-16-30/h1-9,11-22,25,34H,10,23-24H2. The molecule has 0 atom stereocenters. The minimum Gasteiger partial charge on any atom is -0.412 e. The summed E-state index contributed by atoms with van der Waals surface area (Å²) in [5, 5.41) is 3.86. The van der Waals surface area contributed by atoms with Crippen molar-refractivity contribution in [2.75, 3.05) is 13.2 Å². The fourth-order valence-corrected chi connectivity index (χ4v) is 9.46. The number of carbonyl (C=O) groups is 1. The van der Waals surface area contributed by atoms with E-state index in [1.807, 2.05) is 84.7 Å². The van der Waals surface area contributed by atoms with Gasteiger partial charge in [0.2, 0.25) is 0 Å². The second-order valence-corrected chi connectivity index (χ2v) is 13.7. The first-order valence-corrected chi connectivity index (χ1v) is 16.0. The third-order valence-electron chi connectivity index (χ3n) is 6.87. The number of benzene rings is 4. The predicted octanol–water partition coefficient (Wildman–Crippen LogP) is 6.55. The highest BCUT2D eigenvalue weighted by Crippen LogP contribution is 2.44. The Kier molecular flexibility index (Phi) is 8.08. The molecule has 1 saturated heterocycles. The van der Waals surface area contributed by atoms with Gasteiger partial charge >= 0.3 is 5.97 Å². The molecule has 0 spiro atoms. The van der Waals surface area contributed by atoms with Crippen LogP contribution in [-0.4, -0.2) is 25.0 Å². The summed E-state index contributed by atoms with van der Waals surface area (Å²) in [5.41, 5.74) is 2.06. The molecule has 4 nitrogen and oxygen atoms in total. The van der Waals surface area contributed by atoms with Gasteiger partial charge in [0, 0.05) is 16.2 Å². The molecule has 0 amide bonds. The van der Waals surface area contributed by atoms with Crippen LogP contribution in [0.25, 0.3) is 10.4 Å². The van der Waals surface area contributed by atoms with Crippen molar-refractivity contribution in [2.45, 2.75) is 12.7 Å². The predicted molar refractivity (Wildman–Crippen MR) is 166 cm³/mol. The molecule has 200 valence electrons. The average Bonchev–Trinajstić information content (AvgIpc) is 3.50. The van der Waals surface area contributed by atoms with Crippen molar-refractivity contribution in [2.24, 2.45) is 0 Å². The number of hydrogen-bond donors (Lipinski definition) is 0. The Bertz CT molecular complexity index is 1500. The summed E-state index contributed by atoms with van der Waals surface area (Å²) in [6.45, 7) is -1.01. The lowest BCUT2D eigenvalue weighted by atomic mass is 10.1. The van der Waals surface area contributed by atoms with Crippen molar-refractivity contribution < 1.29 is 19.0 Å². The Labute approximate surface area is 238 Å². The van der Waals surface area contributed by atoms with Gasteiger partial charge in [-0.3, -0.25) is 0 Å². The third-order valence-corrected chi connectivity index (χ3v) is 11.8. The maximum atomic E-state index is 13.6. The van der Waals surface area contributed by atoms with Crippen LogP contribution >= 0.6 is 18.2 Å². The molecule has 1 fully saturated rings. The SMILES string of the molecule is O=C(C=P(c1ccccc1)(c1ccccc1)c1ccccc1)Oc1ccc(-c2ccc(C3OCCCO3)cc2)s1. The van der Waals surface area contributed by atoms with E-state index in [-0.39, 0.29) is 12.3 Å². The molecule has 0 bridgehead atoms. The molecule has 0 N–H and O–H groups in total. The fraction of sp³-hybridized carbons (Fsp3) is 0.118. The molecule has 1 aliphatic heterocycles. The van der Waals surface area contributed by atoms with E-state index < -0.39 is 6.89 Å². The Hall–Kier alpha value is -3.73. The van der Waals surface area contributed by atoms with Crippen LogP contribution in [0.4, 0.5) is 0 Å². The number of carbonyl (C=O) groups excluding carboxylic acids is 1. The lowest BCUT2D eigenvalue weighted by Crippen LogP contribution is -2.29. The highest BCUT2D eigenvalue weighted by molar-refractivity contribution is 7.95. The van der Waals surface area contributed by atoms with Gasteiger partial charge in [0.15, 0.2) is 11.4 Å². The number of esters is 1. The Balaban J connectivity index is 1.32. The van der Waals surface area contributed by atoms with Crippen LogP contribution in [0.5, 0.6) is 5.06 Å². The molecule has 0 saturated carbocycles. The Morgan fingerprint density at radius 3 is 1.75 bits per heavy atom. The van der Waals surface area contributed by atoms with E-state index in [0.29, 0.717) is 18.3 Å². The second kappa shape index (κ2) is 12.2. The summed E-state index contributed by atoms with van der Waals surface area (Å²) >= 11 is 1.46. The zero-order valence-corrected chi connectivity index (χ0v) is 23.6. The second-order valence-electron chi connectivity index (χ2n) is 9.45. The highest BCUT2D eigenvalue weighted by Gasteiger charge is 2.27. The number of ether oxygens (including phenoxy) is 3. The highest BCUT2D eigenvalue weighted by atomic mass is 32.1. The first-order chi connectivity index (χ1) is 19.7. The van der Waals surface area contributed by atoms with Gasteiger partial charge in [-0.05, 0) is 46.9 Å². The molecule has 5 aromatic rings. The van der Waals surface area contributed by atoms with Crippen LogP contribution in [0.1, 0.15) is 18.3 Å². The number of thiophene rings is 1. The summed E-state index contributed by atoms with van der Waals surface area (Å²) in [7, 11) is 0. The summed E-state index contributed by atoms with van der Waals surface area (Å²) < 4.78 is 17.4. The normalized spacial score (nSPS) is 14.0. The average molecular weight is 565 g/mol. The van der Waals surface area contributed by atoms with Crippen LogP contribution in [0.3, 0.4) is 0 Å². The molecular formula is C34H29O4PS. The first kappa shape index (κ1) is 26.5. The monoisotopic (exact) mass is 564 g/mol. The molecule has 4 aromatic carbocycles. The van der Waals surface area contributed by atoms with Crippen LogP contribution < -0.4 is 20.7 Å². The van der Waals surface area contributed by atoms with Gasteiger partial charge < -0.3 is 14.2 Å². The molecule has 1 aromatic heterocycles. The van der Waals surface area contributed by atoms with E-state index >= 15 is 0 Å². The van der Waals surface area contributed by atoms with Gasteiger partial charge in [0.25, 0.3) is 0 Å². The molecule has 6 heteroatoms. The van der Waals surface area contributed by atoms with Gasteiger partial charge in [0.1, 0.15) is 0 Å². The Morgan fingerprint density at radius 2 is 1.23 bits per heavy atom. The lowest BCUT2D eigenvalue weighted by molar-refractivity contribution is -0.183. The van der Waals surface area contributed by atoms with E-state index in [0.717, 1.165) is 38.3 Å². The molecule has 0 unspecified atom stereocenters. The summed E-state index contributed by atoms with van der Waals surface area (Å²) in [6, 6.07) is 42.8. The van der Waals surface area contributed by atoms with Crippen LogP contribution in [0.15, 0.2) is 127 Å². The first-order valence-electron chi connectivity index (χ1n) is 13.3. The maximum absolute atomic E-state index is 13.6. The van der Waals surface area contributed by atoms with Crippen LogP contribution in [-0.2, 0) is 14.3 Å². The zero-order valence-electron chi connectivity index (χ0n) is 21.9. The van der Waals surface area contributed by atoms with Gasteiger partial charge in [-0.1, -0.05) is 127 Å². The van der Waals surface area contributed by atoms with Crippen molar-refractivity contribution in [1.29, 1.82) is 0 Å². The molecule has 1 aliphatic rings. The van der Waals surface area contributed by atoms with Crippen molar-refractivity contribution in [3.63, 3.8) is 0 Å². The van der Waals surface area contributed by atoms with Crippen molar-refractivity contribution in [3.8, 4) is 15.5 Å². The fourth-order valence-electron chi connectivity index (χ4n) is 4.96. The molecule has 2 heterocycles. The van der Waals surface area contributed by atoms with Gasteiger partial charge in [0.05, 0.1) is 13.2 Å². The van der Waals surface area contributed by atoms with Crippen molar-refractivity contribution >= 4 is 45.9 Å². The topological polar surface area (TPSA) is 44.8 Å². The number of rotatable bonds is 7. The van der Waals surface area contributed by atoms with Crippen molar-refractivity contribution in [1.82, 2.24) is 0 Å². The number of hydrogen-bond acceptors (Lipinski definition) is 5. The van der Waals surface area contributed by atoms with Gasteiger partial charge in [-0.15, -0.1) is 0 Å². The van der Waals surface area contributed by atoms with Crippen LogP contribution in [0.2, 0.25) is 0 Å². The van der Waals surface area contributed by atoms with Gasteiger partial charge in [-0.25, -0.2) is 4.79 Å².